The second-order valence-electron chi connectivity index (χ2n) is 4.01. The zero-order chi connectivity index (χ0) is 9.54. The predicted molar refractivity (Wildman–Crippen MR) is 56.0 cm³/mol. The van der Waals surface area contributed by atoms with Crippen LogP contribution in [0.4, 0.5) is 0 Å². The van der Waals surface area contributed by atoms with Gasteiger partial charge in [0.05, 0.1) is 11.7 Å². The molecular weight excluding hydrogens is 174 g/mol. The first kappa shape index (κ1) is 8.00. The van der Waals surface area contributed by atoms with Crippen molar-refractivity contribution in [2.75, 3.05) is 0 Å². The average molecular weight is 187 g/mol. The summed E-state index contributed by atoms with van der Waals surface area (Å²) in [6.45, 7) is 0. The van der Waals surface area contributed by atoms with Crippen molar-refractivity contribution in [2.24, 2.45) is 5.73 Å². The number of rotatable bonds is 0. The summed E-state index contributed by atoms with van der Waals surface area (Å²) in [4.78, 5) is 0. The molecule has 0 fully saturated rings. The molecule has 3 N–H and O–H groups in total. The lowest BCUT2D eigenvalue weighted by Gasteiger charge is -2.21. The molecule has 0 bridgehead atoms. The number of hydrogen-bond donors (Lipinski definition) is 2. The number of hydrogen-bond acceptors (Lipinski definition) is 2. The van der Waals surface area contributed by atoms with Gasteiger partial charge in [0.15, 0.2) is 0 Å². The van der Waals surface area contributed by atoms with Gasteiger partial charge in [-0.05, 0) is 42.5 Å². The highest BCUT2D eigenvalue weighted by Gasteiger charge is 2.17. The number of aryl methyl sites for hydroxylation is 1. The first-order valence-electron chi connectivity index (χ1n) is 5.06. The molecule has 3 rings (SSSR count). The monoisotopic (exact) mass is 187 g/mol. The van der Waals surface area contributed by atoms with Gasteiger partial charge in [-0.25, -0.2) is 0 Å². The zero-order valence-electron chi connectivity index (χ0n) is 7.96. The second-order valence-corrected chi connectivity index (χ2v) is 4.01. The van der Waals surface area contributed by atoms with Crippen LogP contribution in [0.25, 0.3) is 10.9 Å². The summed E-state index contributed by atoms with van der Waals surface area (Å²) in [6, 6.07) is 4.58. The number of aromatic amines is 1. The van der Waals surface area contributed by atoms with E-state index in [-0.39, 0.29) is 6.04 Å². The second kappa shape index (κ2) is 2.82. The van der Waals surface area contributed by atoms with E-state index in [1.165, 1.54) is 22.9 Å². The van der Waals surface area contributed by atoms with Crippen molar-refractivity contribution in [1.29, 1.82) is 0 Å². The van der Waals surface area contributed by atoms with E-state index in [4.69, 9.17) is 5.73 Å². The first-order valence-corrected chi connectivity index (χ1v) is 5.06. The molecule has 14 heavy (non-hydrogen) atoms. The van der Waals surface area contributed by atoms with Crippen LogP contribution in [0.1, 0.15) is 30.0 Å². The molecular formula is C11H13N3. The van der Waals surface area contributed by atoms with Crippen LogP contribution >= 0.6 is 0 Å². The van der Waals surface area contributed by atoms with Gasteiger partial charge < -0.3 is 5.73 Å². The molecule has 1 atom stereocenters. The minimum absolute atomic E-state index is 0.214. The molecule has 1 aliphatic carbocycles. The topological polar surface area (TPSA) is 54.7 Å². The van der Waals surface area contributed by atoms with Gasteiger partial charge in [-0.3, -0.25) is 5.10 Å². The number of fused-ring (bicyclic) bond motifs is 2. The molecule has 0 spiro atoms. The molecule has 0 radical (unpaired) electrons. The zero-order valence-corrected chi connectivity index (χ0v) is 7.96. The average Bonchev–Trinajstić information content (AvgIpc) is 2.62. The van der Waals surface area contributed by atoms with E-state index in [2.05, 4.69) is 22.3 Å². The molecule has 0 unspecified atom stereocenters. The van der Waals surface area contributed by atoms with Crippen LogP contribution in [0.5, 0.6) is 0 Å². The Morgan fingerprint density at radius 1 is 1.43 bits per heavy atom. The van der Waals surface area contributed by atoms with Gasteiger partial charge in [0.2, 0.25) is 0 Å². The van der Waals surface area contributed by atoms with Crippen molar-refractivity contribution in [2.45, 2.75) is 25.3 Å². The molecule has 3 nitrogen and oxygen atoms in total. The third kappa shape index (κ3) is 1.06. The number of nitrogens with one attached hydrogen (secondary N) is 1. The van der Waals surface area contributed by atoms with E-state index >= 15 is 0 Å². The standard InChI is InChI=1S/C11H13N3/c12-10-3-1-2-7-4-8-6-13-14-11(8)5-9(7)10/h4-6,10H,1-3,12H2,(H,13,14)/t10-/m1/s1. The lowest BCUT2D eigenvalue weighted by atomic mass is 9.87. The van der Waals surface area contributed by atoms with Crippen LogP contribution in [0.3, 0.4) is 0 Å². The van der Waals surface area contributed by atoms with Crippen LogP contribution in [0.2, 0.25) is 0 Å². The largest absolute Gasteiger partial charge is 0.324 e. The minimum Gasteiger partial charge on any atom is -0.324 e. The fraction of sp³-hybridized carbons (Fsp3) is 0.364. The number of aromatic nitrogens is 2. The third-order valence-corrected chi connectivity index (χ3v) is 3.06. The summed E-state index contributed by atoms with van der Waals surface area (Å²) < 4.78 is 0. The Balaban J connectivity index is 2.27. The van der Waals surface area contributed by atoms with Crippen LogP contribution in [0, 0.1) is 0 Å². The summed E-state index contributed by atoms with van der Waals surface area (Å²) in [5.41, 5.74) is 9.87. The summed E-state index contributed by atoms with van der Waals surface area (Å²) in [7, 11) is 0. The summed E-state index contributed by atoms with van der Waals surface area (Å²) in [5.74, 6) is 0. The van der Waals surface area contributed by atoms with Gasteiger partial charge in [0, 0.05) is 11.4 Å². The van der Waals surface area contributed by atoms with E-state index in [9.17, 15) is 0 Å². The Labute approximate surface area is 82.3 Å². The normalized spacial score (nSPS) is 21.1. The Morgan fingerprint density at radius 3 is 3.29 bits per heavy atom. The Morgan fingerprint density at radius 2 is 2.36 bits per heavy atom. The third-order valence-electron chi connectivity index (χ3n) is 3.06. The summed E-state index contributed by atoms with van der Waals surface area (Å²) in [6.07, 6.45) is 5.34. The molecule has 1 aromatic heterocycles. The minimum atomic E-state index is 0.214. The van der Waals surface area contributed by atoms with Gasteiger partial charge in [-0.15, -0.1) is 0 Å². The van der Waals surface area contributed by atoms with Crippen molar-refractivity contribution in [3.63, 3.8) is 0 Å². The Bertz CT molecular complexity index is 472. The van der Waals surface area contributed by atoms with E-state index in [0.717, 1.165) is 18.4 Å². The van der Waals surface area contributed by atoms with Gasteiger partial charge in [0.1, 0.15) is 0 Å². The van der Waals surface area contributed by atoms with Crippen molar-refractivity contribution in [3.05, 3.63) is 29.5 Å². The molecule has 0 saturated heterocycles. The predicted octanol–water partition coefficient (Wildman–Crippen LogP) is 1.90. The van der Waals surface area contributed by atoms with Crippen molar-refractivity contribution >= 4 is 10.9 Å². The van der Waals surface area contributed by atoms with E-state index < -0.39 is 0 Å². The fourth-order valence-corrected chi connectivity index (χ4v) is 2.28. The Hall–Kier alpha value is -1.35. The molecule has 0 aliphatic heterocycles. The molecule has 72 valence electrons. The lowest BCUT2D eigenvalue weighted by Crippen LogP contribution is -2.17. The number of nitrogens with zero attached hydrogens (tertiary/aromatic N) is 1. The lowest BCUT2D eigenvalue weighted by molar-refractivity contribution is 0.571. The van der Waals surface area contributed by atoms with Crippen molar-refractivity contribution < 1.29 is 0 Å². The smallest absolute Gasteiger partial charge is 0.0653 e. The van der Waals surface area contributed by atoms with E-state index in [1.54, 1.807) is 0 Å². The molecule has 3 heteroatoms. The highest BCUT2D eigenvalue weighted by Crippen LogP contribution is 2.30. The molecule has 0 amide bonds. The summed E-state index contributed by atoms with van der Waals surface area (Å²) in [5, 5.41) is 8.21. The van der Waals surface area contributed by atoms with E-state index in [0.29, 0.717) is 0 Å². The number of nitrogens with two attached hydrogens (primary N) is 1. The molecule has 0 saturated carbocycles. The molecule has 2 aromatic rings. The first-order chi connectivity index (χ1) is 6.84. The van der Waals surface area contributed by atoms with Crippen LogP contribution in [-0.2, 0) is 6.42 Å². The maximum atomic E-state index is 6.07. The highest BCUT2D eigenvalue weighted by atomic mass is 15.1. The number of H-pyrrole nitrogens is 1. The van der Waals surface area contributed by atoms with Crippen LogP contribution < -0.4 is 5.73 Å². The van der Waals surface area contributed by atoms with Crippen molar-refractivity contribution in [3.8, 4) is 0 Å². The molecule has 1 aromatic carbocycles. The maximum absolute atomic E-state index is 6.07. The summed E-state index contributed by atoms with van der Waals surface area (Å²) >= 11 is 0. The van der Waals surface area contributed by atoms with Gasteiger partial charge >= 0.3 is 0 Å². The van der Waals surface area contributed by atoms with Gasteiger partial charge in [0.25, 0.3) is 0 Å². The van der Waals surface area contributed by atoms with Gasteiger partial charge in [-0.2, -0.15) is 5.10 Å². The molecule has 1 aliphatic rings. The number of benzene rings is 1. The molecule has 1 heterocycles. The quantitative estimate of drug-likeness (QED) is 0.661. The fourth-order valence-electron chi connectivity index (χ4n) is 2.28. The highest BCUT2D eigenvalue weighted by molar-refractivity contribution is 5.80. The van der Waals surface area contributed by atoms with Gasteiger partial charge in [-0.1, -0.05) is 0 Å². The van der Waals surface area contributed by atoms with Crippen LogP contribution in [-0.4, -0.2) is 10.2 Å². The Kier molecular flexibility index (Phi) is 1.61. The van der Waals surface area contributed by atoms with Crippen molar-refractivity contribution in [1.82, 2.24) is 10.2 Å². The van der Waals surface area contributed by atoms with E-state index in [1.807, 2.05) is 6.20 Å². The maximum Gasteiger partial charge on any atom is 0.0653 e. The SMILES string of the molecule is N[C@@H]1CCCc2cc3cn[nH]c3cc21. The van der Waals surface area contributed by atoms with Crippen LogP contribution in [0.15, 0.2) is 18.3 Å².